The van der Waals surface area contributed by atoms with Crippen molar-refractivity contribution >= 4 is 0 Å². The molecule has 0 aliphatic heterocycles. The van der Waals surface area contributed by atoms with Gasteiger partial charge in [0, 0.05) is 13.0 Å². The molecule has 0 spiro atoms. The van der Waals surface area contributed by atoms with Crippen LogP contribution in [0, 0.1) is 36.0 Å². The van der Waals surface area contributed by atoms with Crippen LogP contribution in [0.2, 0.25) is 0 Å². The van der Waals surface area contributed by atoms with E-state index >= 15 is 0 Å². The van der Waals surface area contributed by atoms with Crippen molar-refractivity contribution in [2.24, 2.45) is 23.7 Å². The third-order valence-electron chi connectivity index (χ3n) is 4.07. The molecule has 92 valence electrons. The van der Waals surface area contributed by atoms with Crippen molar-refractivity contribution in [3.63, 3.8) is 0 Å². The summed E-state index contributed by atoms with van der Waals surface area (Å²) in [6.45, 7) is 6.27. The summed E-state index contributed by atoms with van der Waals surface area (Å²) in [5, 5.41) is 10.0. The van der Waals surface area contributed by atoms with Crippen LogP contribution in [0.15, 0.2) is 0 Å². The molecule has 2 heteroatoms. The van der Waals surface area contributed by atoms with E-state index in [1.807, 2.05) is 6.92 Å². The van der Waals surface area contributed by atoms with Crippen LogP contribution in [-0.2, 0) is 4.74 Å². The molecule has 1 rings (SSSR count). The van der Waals surface area contributed by atoms with Crippen molar-refractivity contribution in [3.8, 4) is 12.3 Å². The Labute approximate surface area is 99.4 Å². The van der Waals surface area contributed by atoms with E-state index in [4.69, 9.17) is 11.2 Å². The first kappa shape index (κ1) is 13.5. The maximum absolute atomic E-state index is 10.0. The average molecular weight is 224 g/mol. The summed E-state index contributed by atoms with van der Waals surface area (Å²) in [5.74, 6) is 4.06. The van der Waals surface area contributed by atoms with E-state index in [1.54, 1.807) is 7.11 Å². The molecule has 2 nitrogen and oxygen atoms in total. The third-order valence-corrected chi connectivity index (χ3v) is 4.07. The first-order chi connectivity index (χ1) is 7.56. The van der Waals surface area contributed by atoms with Crippen molar-refractivity contribution in [1.29, 1.82) is 0 Å². The molecule has 1 aliphatic carbocycles. The molecular weight excluding hydrogens is 200 g/mol. The average Bonchev–Trinajstić information content (AvgIpc) is 3.08. The SMILES string of the molecule is C#C[C@@H](C)[C@@H](O)[C@@H]1C[C@H]1[C@H](C)[C@H](CC)OC. The lowest BCUT2D eigenvalue weighted by atomic mass is 9.92. The Morgan fingerprint density at radius 3 is 2.50 bits per heavy atom. The van der Waals surface area contributed by atoms with E-state index < -0.39 is 0 Å². The number of terminal acetylenes is 1. The minimum Gasteiger partial charge on any atom is -0.392 e. The molecule has 0 amide bonds. The molecule has 0 aromatic heterocycles. The van der Waals surface area contributed by atoms with Gasteiger partial charge in [0.15, 0.2) is 0 Å². The van der Waals surface area contributed by atoms with E-state index in [9.17, 15) is 5.11 Å². The van der Waals surface area contributed by atoms with Gasteiger partial charge >= 0.3 is 0 Å². The number of hydrogen-bond acceptors (Lipinski definition) is 2. The molecule has 16 heavy (non-hydrogen) atoms. The fourth-order valence-corrected chi connectivity index (χ4v) is 2.73. The highest BCUT2D eigenvalue weighted by Crippen LogP contribution is 2.49. The lowest BCUT2D eigenvalue weighted by Gasteiger charge is -2.22. The molecule has 0 radical (unpaired) electrons. The van der Waals surface area contributed by atoms with Gasteiger partial charge < -0.3 is 9.84 Å². The number of methoxy groups -OCH3 is 1. The number of aliphatic hydroxyl groups is 1. The molecule has 0 heterocycles. The van der Waals surface area contributed by atoms with Crippen LogP contribution in [0.1, 0.15) is 33.6 Å². The van der Waals surface area contributed by atoms with Crippen molar-refractivity contribution in [2.45, 2.75) is 45.8 Å². The monoisotopic (exact) mass is 224 g/mol. The first-order valence-corrected chi connectivity index (χ1v) is 6.23. The highest BCUT2D eigenvalue weighted by Gasteiger charge is 2.48. The highest BCUT2D eigenvalue weighted by atomic mass is 16.5. The van der Waals surface area contributed by atoms with Gasteiger partial charge in [-0.15, -0.1) is 12.3 Å². The van der Waals surface area contributed by atoms with E-state index in [2.05, 4.69) is 19.8 Å². The van der Waals surface area contributed by atoms with Gasteiger partial charge in [0.2, 0.25) is 0 Å². The van der Waals surface area contributed by atoms with Gasteiger partial charge in [0.05, 0.1) is 12.2 Å². The van der Waals surface area contributed by atoms with Crippen LogP contribution in [0.4, 0.5) is 0 Å². The number of ether oxygens (including phenoxy) is 1. The highest BCUT2D eigenvalue weighted by molar-refractivity contribution is 5.03. The molecule has 0 saturated heterocycles. The lowest BCUT2D eigenvalue weighted by molar-refractivity contribution is 0.0369. The van der Waals surface area contributed by atoms with Crippen LogP contribution in [0.25, 0.3) is 0 Å². The van der Waals surface area contributed by atoms with Crippen molar-refractivity contribution in [1.82, 2.24) is 0 Å². The molecule has 0 bridgehead atoms. The van der Waals surface area contributed by atoms with Crippen molar-refractivity contribution in [3.05, 3.63) is 0 Å². The Kier molecular flexibility index (Phi) is 4.83. The predicted molar refractivity (Wildman–Crippen MR) is 65.9 cm³/mol. The standard InChI is InChI=1S/C14H24O2/c1-6-9(3)14(15)12-8-11(12)10(4)13(7-2)16-5/h1,9-15H,7-8H2,2-5H3/t9-,10+,11+,12-,13+,14-/m1/s1. The number of aliphatic hydroxyl groups excluding tert-OH is 1. The van der Waals surface area contributed by atoms with E-state index in [0.717, 1.165) is 12.8 Å². The third kappa shape index (κ3) is 2.78. The summed E-state index contributed by atoms with van der Waals surface area (Å²) in [7, 11) is 1.77. The summed E-state index contributed by atoms with van der Waals surface area (Å²) in [6, 6.07) is 0. The van der Waals surface area contributed by atoms with Crippen LogP contribution < -0.4 is 0 Å². The summed E-state index contributed by atoms with van der Waals surface area (Å²) in [6.07, 6.45) is 7.43. The van der Waals surface area contributed by atoms with Gasteiger partial charge in [-0.25, -0.2) is 0 Å². The second-order valence-corrected chi connectivity index (χ2v) is 5.05. The fourth-order valence-electron chi connectivity index (χ4n) is 2.73. The maximum atomic E-state index is 10.0. The molecule has 0 unspecified atom stereocenters. The largest absolute Gasteiger partial charge is 0.392 e. The van der Waals surface area contributed by atoms with Crippen LogP contribution in [0.5, 0.6) is 0 Å². The zero-order valence-electron chi connectivity index (χ0n) is 10.8. The summed E-state index contributed by atoms with van der Waals surface area (Å²) in [4.78, 5) is 0. The Balaban J connectivity index is 2.47. The van der Waals surface area contributed by atoms with Gasteiger partial charge in [-0.3, -0.25) is 0 Å². The summed E-state index contributed by atoms with van der Waals surface area (Å²) < 4.78 is 5.46. The molecule has 1 fully saturated rings. The van der Waals surface area contributed by atoms with E-state index in [-0.39, 0.29) is 12.0 Å². The zero-order valence-corrected chi connectivity index (χ0v) is 10.8. The quantitative estimate of drug-likeness (QED) is 0.702. The second kappa shape index (κ2) is 5.70. The predicted octanol–water partition coefficient (Wildman–Crippen LogP) is 2.31. The minimum absolute atomic E-state index is 0.0372. The second-order valence-electron chi connectivity index (χ2n) is 5.05. The fraction of sp³-hybridized carbons (Fsp3) is 0.857. The molecule has 0 aromatic carbocycles. The Morgan fingerprint density at radius 2 is 2.06 bits per heavy atom. The summed E-state index contributed by atoms with van der Waals surface area (Å²) >= 11 is 0. The maximum Gasteiger partial charge on any atom is 0.0705 e. The molecule has 6 atom stereocenters. The van der Waals surface area contributed by atoms with Crippen LogP contribution in [0.3, 0.4) is 0 Å². The van der Waals surface area contributed by atoms with Crippen molar-refractivity contribution < 1.29 is 9.84 Å². The minimum atomic E-state index is -0.341. The smallest absolute Gasteiger partial charge is 0.0705 e. The Bertz CT molecular complexity index is 252. The first-order valence-electron chi connectivity index (χ1n) is 6.23. The van der Waals surface area contributed by atoms with E-state index in [1.165, 1.54) is 0 Å². The number of hydrogen-bond donors (Lipinski definition) is 1. The van der Waals surface area contributed by atoms with Crippen LogP contribution >= 0.6 is 0 Å². The number of rotatable bonds is 6. The molecule has 1 aliphatic rings. The molecule has 1 N–H and O–H groups in total. The van der Waals surface area contributed by atoms with Gasteiger partial charge in [-0.05, 0) is 37.5 Å². The van der Waals surface area contributed by atoms with Gasteiger partial charge in [0.25, 0.3) is 0 Å². The molecule has 0 aromatic rings. The van der Waals surface area contributed by atoms with Crippen LogP contribution in [-0.4, -0.2) is 24.4 Å². The van der Waals surface area contributed by atoms with Gasteiger partial charge in [-0.2, -0.15) is 0 Å². The van der Waals surface area contributed by atoms with Gasteiger partial charge in [0.1, 0.15) is 0 Å². The topological polar surface area (TPSA) is 29.5 Å². The van der Waals surface area contributed by atoms with Gasteiger partial charge in [-0.1, -0.05) is 13.8 Å². The van der Waals surface area contributed by atoms with Crippen molar-refractivity contribution in [2.75, 3.05) is 7.11 Å². The Hall–Kier alpha value is -0.520. The Morgan fingerprint density at radius 1 is 1.44 bits per heavy atom. The molecular formula is C14H24O2. The lowest BCUT2D eigenvalue weighted by Crippen LogP contribution is -2.25. The van der Waals surface area contributed by atoms with E-state index in [0.29, 0.717) is 23.9 Å². The summed E-state index contributed by atoms with van der Waals surface area (Å²) in [5.41, 5.74) is 0. The normalized spacial score (nSPS) is 31.2. The molecule has 1 saturated carbocycles. The zero-order chi connectivity index (χ0) is 12.3.